The number of benzene rings is 2. The van der Waals surface area contributed by atoms with Gasteiger partial charge >= 0.3 is 0 Å². The zero-order valence-electron chi connectivity index (χ0n) is 12.0. The maximum Gasteiger partial charge on any atom is 0.157 e. The number of aliphatic hydroxyl groups is 1. The molecule has 6 heteroatoms. The van der Waals surface area contributed by atoms with E-state index in [4.69, 9.17) is 23.2 Å². The molecule has 2 rings (SSSR count). The van der Waals surface area contributed by atoms with Crippen molar-refractivity contribution in [1.29, 1.82) is 0 Å². The van der Waals surface area contributed by atoms with Crippen molar-refractivity contribution in [3.63, 3.8) is 0 Å². The Morgan fingerprint density at radius 2 is 1.64 bits per heavy atom. The van der Waals surface area contributed by atoms with Crippen molar-refractivity contribution < 1.29 is 13.5 Å². The number of sulfone groups is 1. The predicted molar refractivity (Wildman–Crippen MR) is 90.0 cm³/mol. The van der Waals surface area contributed by atoms with E-state index in [1.165, 1.54) is 6.92 Å². The number of halogens is 2. The third-order valence-corrected chi connectivity index (χ3v) is 5.67. The Labute approximate surface area is 140 Å². The number of hydrogen-bond donors (Lipinski definition) is 1. The standard InChI is InChI=1S/C16H16Cl2O3S/c1-16(19,13-6-8-14(17)9-7-13)11-22(20,21)10-12-4-2-3-5-15(12)18/h2-9,19H,10-11H2,1H3. The van der Waals surface area contributed by atoms with Gasteiger partial charge in [-0.3, -0.25) is 0 Å². The maximum absolute atomic E-state index is 12.4. The molecule has 0 radical (unpaired) electrons. The summed E-state index contributed by atoms with van der Waals surface area (Å²) < 4.78 is 24.7. The van der Waals surface area contributed by atoms with Gasteiger partial charge in [0.2, 0.25) is 0 Å². The lowest BCUT2D eigenvalue weighted by molar-refractivity contribution is 0.0819. The van der Waals surface area contributed by atoms with E-state index in [0.29, 0.717) is 21.2 Å². The summed E-state index contributed by atoms with van der Waals surface area (Å²) >= 11 is 11.8. The Morgan fingerprint density at radius 1 is 1.05 bits per heavy atom. The van der Waals surface area contributed by atoms with Gasteiger partial charge in [0.15, 0.2) is 9.84 Å². The Kier molecular flexibility index (Phi) is 5.17. The van der Waals surface area contributed by atoms with Crippen LogP contribution in [0.15, 0.2) is 48.5 Å². The summed E-state index contributed by atoms with van der Waals surface area (Å²) in [6, 6.07) is 13.2. The van der Waals surface area contributed by atoms with Crippen LogP contribution in [-0.4, -0.2) is 19.3 Å². The van der Waals surface area contributed by atoms with E-state index < -0.39 is 21.2 Å². The molecule has 0 aliphatic rings. The average Bonchev–Trinajstić information content (AvgIpc) is 2.40. The van der Waals surface area contributed by atoms with E-state index in [0.717, 1.165) is 0 Å². The summed E-state index contributed by atoms with van der Waals surface area (Å²) in [6.07, 6.45) is 0. The van der Waals surface area contributed by atoms with E-state index in [1.807, 2.05) is 0 Å². The van der Waals surface area contributed by atoms with Crippen LogP contribution in [0, 0.1) is 0 Å². The molecule has 0 aromatic heterocycles. The first-order valence-electron chi connectivity index (χ1n) is 6.62. The molecule has 0 aliphatic carbocycles. The van der Waals surface area contributed by atoms with Gasteiger partial charge in [0, 0.05) is 10.0 Å². The topological polar surface area (TPSA) is 54.4 Å². The summed E-state index contributed by atoms with van der Waals surface area (Å²) in [7, 11) is -3.54. The zero-order chi connectivity index (χ0) is 16.4. The van der Waals surface area contributed by atoms with Crippen molar-refractivity contribution >= 4 is 33.0 Å². The minimum Gasteiger partial charge on any atom is -0.384 e. The molecule has 0 amide bonds. The highest BCUT2D eigenvalue weighted by Crippen LogP contribution is 2.26. The first-order chi connectivity index (χ1) is 10.2. The second kappa shape index (κ2) is 6.59. The van der Waals surface area contributed by atoms with Crippen LogP contribution in [0.4, 0.5) is 0 Å². The monoisotopic (exact) mass is 358 g/mol. The molecule has 0 spiro atoms. The minimum atomic E-state index is -3.54. The molecular weight excluding hydrogens is 343 g/mol. The van der Waals surface area contributed by atoms with E-state index in [1.54, 1.807) is 48.5 Å². The van der Waals surface area contributed by atoms with E-state index in [9.17, 15) is 13.5 Å². The second-order valence-electron chi connectivity index (χ2n) is 5.40. The molecule has 0 bridgehead atoms. The van der Waals surface area contributed by atoms with Crippen molar-refractivity contribution in [2.24, 2.45) is 0 Å². The molecular formula is C16H16Cl2O3S. The van der Waals surface area contributed by atoms with Crippen molar-refractivity contribution in [2.75, 3.05) is 5.75 Å². The van der Waals surface area contributed by atoms with E-state index in [2.05, 4.69) is 0 Å². The molecule has 1 atom stereocenters. The molecule has 22 heavy (non-hydrogen) atoms. The SMILES string of the molecule is CC(O)(CS(=O)(=O)Cc1ccccc1Cl)c1ccc(Cl)cc1. The minimum absolute atomic E-state index is 0.212. The third-order valence-electron chi connectivity index (χ3n) is 3.30. The van der Waals surface area contributed by atoms with Crippen LogP contribution in [0.5, 0.6) is 0 Å². The Balaban J connectivity index is 2.20. The van der Waals surface area contributed by atoms with Crippen LogP contribution in [0.25, 0.3) is 0 Å². The smallest absolute Gasteiger partial charge is 0.157 e. The molecule has 118 valence electrons. The predicted octanol–water partition coefficient (Wildman–Crippen LogP) is 3.82. The normalized spacial score (nSPS) is 14.5. The van der Waals surface area contributed by atoms with Crippen LogP contribution in [0.3, 0.4) is 0 Å². The van der Waals surface area contributed by atoms with Gasteiger partial charge in [-0.25, -0.2) is 8.42 Å². The zero-order valence-corrected chi connectivity index (χ0v) is 14.3. The highest BCUT2D eigenvalue weighted by atomic mass is 35.5. The highest BCUT2D eigenvalue weighted by molar-refractivity contribution is 7.90. The molecule has 3 nitrogen and oxygen atoms in total. The molecule has 0 heterocycles. The summed E-state index contributed by atoms with van der Waals surface area (Å²) in [4.78, 5) is 0. The van der Waals surface area contributed by atoms with Crippen molar-refractivity contribution in [2.45, 2.75) is 18.3 Å². The Morgan fingerprint density at radius 3 is 2.23 bits per heavy atom. The molecule has 1 N–H and O–H groups in total. The molecule has 0 saturated heterocycles. The average molecular weight is 359 g/mol. The largest absolute Gasteiger partial charge is 0.384 e. The van der Waals surface area contributed by atoms with Crippen LogP contribution in [-0.2, 0) is 21.2 Å². The quantitative estimate of drug-likeness (QED) is 0.883. The summed E-state index contributed by atoms with van der Waals surface area (Å²) in [5.74, 6) is -0.608. The van der Waals surface area contributed by atoms with Crippen molar-refractivity contribution in [3.8, 4) is 0 Å². The Hall–Kier alpha value is -1.07. The lowest BCUT2D eigenvalue weighted by Gasteiger charge is -2.24. The molecule has 0 saturated carbocycles. The van der Waals surface area contributed by atoms with Crippen LogP contribution < -0.4 is 0 Å². The van der Waals surface area contributed by atoms with E-state index in [-0.39, 0.29) is 5.75 Å². The summed E-state index contributed by atoms with van der Waals surface area (Å²) in [5, 5.41) is 11.4. The van der Waals surface area contributed by atoms with Gasteiger partial charge in [0.05, 0.1) is 11.5 Å². The van der Waals surface area contributed by atoms with E-state index >= 15 is 0 Å². The lowest BCUT2D eigenvalue weighted by Crippen LogP contribution is -2.31. The molecule has 0 fully saturated rings. The van der Waals surface area contributed by atoms with Gasteiger partial charge in [0.1, 0.15) is 5.60 Å². The Bertz CT molecular complexity index is 753. The lowest BCUT2D eigenvalue weighted by atomic mass is 9.98. The van der Waals surface area contributed by atoms with Crippen LogP contribution in [0.1, 0.15) is 18.1 Å². The maximum atomic E-state index is 12.4. The first kappa shape index (κ1) is 17.3. The van der Waals surface area contributed by atoms with Gasteiger partial charge < -0.3 is 5.11 Å². The first-order valence-corrected chi connectivity index (χ1v) is 9.20. The molecule has 1 unspecified atom stereocenters. The highest BCUT2D eigenvalue weighted by Gasteiger charge is 2.30. The van der Waals surface area contributed by atoms with Gasteiger partial charge in [-0.15, -0.1) is 0 Å². The van der Waals surface area contributed by atoms with Gasteiger partial charge in [-0.05, 0) is 36.2 Å². The molecule has 0 aliphatic heterocycles. The number of hydrogen-bond acceptors (Lipinski definition) is 3. The fourth-order valence-electron chi connectivity index (χ4n) is 2.22. The number of rotatable bonds is 5. The fraction of sp³-hybridized carbons (Fsp3) is 0.250. The van der Waals surface area contributed by atoms with Gasteiger partial charge in [0.25, 0.3) is 0 Å². The van der Waals surface area contributed by atoms with Gasteiger partial charge in [-0.1, -0.05) is 53.5 Å². The second-order valence-corrected chi connectivity index (χ2v) is 8.31. The molecule has 2 aromatic rings. The van der Waals surface area contributed by atoms with Crippen molar-refractivity contribution in [3.05, 3.63) is 69.7 Å². The van der Waals surface area contributed by atoms with Gasteiger partial charge in [-0.2, -0.15) is 0 Å². The third kappa shape index (κ3) is 4.46. The fourth-order valence-corrected chi connectivity index (χ4v) is 4.48. The van der Waals surface area contributed by atoms with Crippen LogP contribution >= 0.6 is 23.2 Å². The van der Waals surface area contributed by atoms with Crippen LogP contribution in [0.2, 0.25) is 10.0 Å². The summed E-state index contributed by atoms with van der Waals surface area (Å²) in [6.45, 7) is 1.47. The molecule has 2 aromatic carbocycles. The van der Waals surface area contributed by atoms with Crippen molar-refractivity contribution in [1.82, 2.24) is 0 Å². The summed E-state index contributed by atoms with van der Waals surface area (Å²) in [5.41, 5.74) is -0.472.